The third kappa shape index (κ3) is 5.66. The Balaban J connectivity index is 1.28. The summed E-state index contributed by atoms with van der Waals surface area (Å²) in [7, 11) is -9.54. The van der Waals surface area contributed by atoms with Crippen molar-refractivity contribution in [2.75, 3.05) is 24.0 Å². The molecule has 3 fully saturated rings. The highest BCUT2D eigenvalue weighted by molar-refractivity contribution is 7.70. The predicted molar refractivity (Wildman–Crippen MR) is 151 cm³/mol. The summed E-state index contributed by atoms with van der Waals surface area (Å²) in [6.07, 6.45) is 1.59. The van der Waals surface area contributed by atoms with Gasteiger partial charge in [0.25, 0.3) is 0 Å². The van der Waals surface area contributed by atoms with Crippen molar-refractivity contribution >= 4 is 43.8 Å². The lowest BCUT2D eigenvalue weighted by Gasteiger charge is -2.60. The Morgan fingerprint density at radius 2 is 1.76 bits per heavy atom. The van der Waals surface area contributed by atoms with Gasteiger partial charge < -0.3 is 39.1 Å². The molecule has 228 valence electrons. The van der Waals surface area contributed by atoms with Gasteiger partial charge in [0.1, 0.15) is 18.3 Å². The van der Waals surface area contributed by atoms with Gasteiger partial charge in [-0.05, 0) is 30.0 Å². The Kier molecular flexibility index (Phi) is 8.02. The van der Waals surface area contributed by atoms with E-state index in [2.05, 4.69) is 32.0 Å². The first-order valence-electron chi connectivity index (χ1n) is 13.6. The third-order valence-corrected chi connectivity index (χ3v) is 12.0. The van der Waals surface area contributed by atoms with Crippen LogP contribution in [0, 0.1) is 5.41 Å². The van der Waals surface area contributed by atoms with Gasteiger partial charge in [0.15, 0.2) is 29.1 Å². The number of anilines is 1. The van der Waals surface area contributed by atoms with Crippen LogP contribution in [0.4, 0.5) is 5.82 Å². The van der Waals surface area contributed by atoms with Crippen molar-refractivity contribution in [1.29, 1.82) is 0 Å². The maximum Gasteiger partial charge on any atom is 0.340 e. The SMILES string of the molecule is O=P(O)(O)CP(=O)(O)OCC1OC(n2cnc3c(N4CC5(CCCCC5)C4c4ccccc4)nc(Cl)nc32)C(O)C1O. The van der Waals surface area contributed by atoms with E-state index < -0.39 is 52.2 Å². The molecule has 0 bridgehead atoms. The molecule has 0 amide bonds. The van der Waals surface area contributed by atoms with E-state index in [-0.39, 0.29) is 22.4 Å². The maximum absolute atomic E-state index is 12.1. The van der Waals surface area contributed by atoms with Crippen LogP contribution in [-0.2, 0) is 18.4 Å². The first kappa shape index (κ1) is 30.1. The molecule has 1 saturated carbocycles. The molecule has 3 aromatic rings. The van der Waals surface area contributed by atoms with Gasteiger partial charge in [-0.15, -0.1) is 0 Å². The molecule has 1 aromatic carbocycles. The summed E-state index contributed by atoms with van der Waals surface area (Å²) in [4.78, 5) is 43.4. The van der Waals surface area contributed by atoms with Gasteiger partial charge in [0.2, 0.25) is 5.28 Å². The zero-order valence-electron chi connectivity index (χ0n) is 22.4. The molecule has 2 aliphatic heterocycles. The molecule has 0 radical (unpaired) electrons. The fourth-order valence-corrected chi connectivity index (χ4v) is 9.34. The van der Waals surface area contributed by atoms with Crippen molar-refractivity contribution in [3.63, 3.8) is 0 Å². The molecule has 4 heterocycles. The first-order valence-corrected chi connectivity index (χ1v) is 17.6. The summed E-state index contributed by atoms with van der Waals surface area (Å²) >= 11 is 6.42. The van der Waals surface area contributed by atoms with E-state index in [0.717, 1.165) is 19.4 Å². The average Bonchev–Trinajstić information content (AvgIpc) is 3.46. The Morgan fingerprint density at radius 3 is 2.45 bits per heavy atom. The number of aliphatic hydroxyl groups is 2. The number of nitrogens with zero attached hydrogens (tertiary/aromatic N) is 5. The minimum Gasteiger partial charge on any atom is -0.387 e. The van der Waals surface area contributed by atoms with Crippen LogP contribution in [0.5, 0.6) is 0 Å². The van der Waals surface area contributed by atoms with Crippen molar-refractivity contribution in [1.82, 2.24) is 19.5 Å². The second kappa shape index (κ2) is 11.2. The van der Waals surface area contributed by atoms with Crippen molar-refractivity contribution in [3.8, 4) is 0 Å². The number of imidazole rings is 1. The number of halogens is 1. The number of ether oxygens (including phenoxy) is 1. The molecule has 1 aliphatic carbocycles. The number of hydrogen-bond acceptors (Lipinski definition) is 10. The average molecular weight is 644 g/mol. The molecule has 2 saturated heterocycles. The lowest BCUT2D eigenvalue weighted by molar-refractivity contribution is -0.0483. The van der Waals surface area contributed by atoms with Gasteiger partial charge in [0, 0.05) is 12.0 Å². The molecule has 42 heavy (non-hydrogen) atoms. The first-order chi connectivity index (χ1) is 19.9. The van der Waals surface area contributed by atoms with Crippen LogP contribution in [-0.4, -0.2) is 81.8 Å². The minimum atomic E-state index is -4.84. The molecule has 5 N–H and O–H groups in total. The zero-order chi connectivity index (χ0) is 29.9. The molecule has 6 atom stereocenters. The second-order valence-electron chi connectivity index (χ2n) is 11.3. The number of fused-ring (bicyclic) bond motifs is 1. The van der Waals surface area contributed by atoms with Crippen LogP contribution in [0.25, 0.3) is 11.2 Å². The van der Waals surface area contributed by atoms with Crippen LogP contribution < -0.4 is 4.90 Å². The van der Waals surface area contributed by atoms with Crippen LogP contribution in [0.15, 0.2) is 36.7 Å². The highest BCUT2D eigenvalue weighted by atomic mass is 35.5. The van der Waals surface area contributed by atoms with Gasteiger partial charge in [-0.25, -0.2) is 4.98 Å². The Hall–Kier alpha value is -1.96. The largest absolute Gasteiger partial charge is 0.387 e. The number of aromatic nitrogens is 4. The number of aliphatic hydroxyl groups excluding tert-OH is 2. The van der Waals surface area contributed by atoms with Crippen molar-refractivity contribution in [3.05, 3.63) is 47.5 Å². The highest BCUT2D eigenvalue weighted by Crippen LogP contribution is 2.59. The normalized spacial score (nSPS) is 29.1. The van der Waals surface area contributed by atoms with Gasteiger partial charge >= 0.3 is 15.2 Å². The topological polar surface area (TPSA) is 201 Å². The Morgan fingerprint density at radius 1 is 1.05 bits per heavy atom. The zero-order valence-corrected chi connectivity index (χ0v) is 24.9. The standard InChI is InChI=1S/C25H32ClN5O9P2/c26-24-28-21(30-12-25(9-5-2-6-10-25)20(30)15-7-3-1-4-8-15)17-22(29-24)31(13-27-17)23-19(33)18(32)16(40-23)11-39-42(37,38)14-41(34,35)36/h1,3-4,7-8,13,16,18-20,23,32-33H,2,5-6,9-12,14H2,(H,37,38)(H2,34,35,36). The summed E-state index contributed by atoms with van der Waals surface area (Å²) < 4.78 is 35.2. The van der Waals surface area contributed by atoms with Gasteiger partial charge in [-0.2, -0.15) is 9.97 Å². The molecule has 1 spiro atoms. The quantitative estimate of drug-likeness (QED) is 0.177. The van der Waals surface area contributed by atoms with Crippen molar-refractivity contribution in [2.24, 2.45) is 5.41 Å². The second-order valence-corrected chi connectivity index (χ2v) is 15.6. The van der Waals surface area contributed by atoms with E-state index in [1.165, 1.54) is 35.7 Å². The summed E-state index contributed by atoms with van der Waals surface area (Å²) in [6.45, 7) is 0.0725. The maximum atomic E-state index is 12.1. The van der Waals surface area contributed by atoms with Crippen LogP contribution in [0.1, 0.15) is 49.9 Å². The van der Waals surface area contributed by atoms with Gasteiger partial charge in [-0.1, -0.05) is 49.6 Å². The Bertz CT molecular complexity index is 1550. The number of hydrogen-bond donors (Lipinski definition) is 5. The Labute approximate surface area is 246 Å². The highest BCUT2D eigenvalue weighted by Gasteiger charge is 2.54. The van der Waals surface area contributed by atoms with E-state index in [0.29, 0.717) is 11.3 Å². The molecular weight excluding hydrogens is 612 g/mol. The smallest absolute Gasteiger partial charge is 0.340 e. The lowest BCUT2D eigenvalue weighted by atomic mass is 9.61. The van der Waals surface area contributed by atoms with Crippen LogP contribution >= 0.6 is 26.8 Å². The van der Waals surface area contributed by atoms with Crippen molar-refractivity contribution < 1.29 is 43.3 Å². The molecule has 2 aromatic heterocycles. The van der Waals surface area contributed by atoms with E-state index >= 15 is 0 Å². The minimum absolute atomic E-state index is 0.0396. The molecule has 3 aliphatic rings. The molecule has 17 heteroatoms. The predicted octanol–water partition coefficient (Wildman–Crippen LogP) is 2.95. The summed E-state index contributed by atoms with van der Waals surface area (Å²) in [6, 6.07) is 10.3. The fourth-order valence-electron chi connectivity index (χ4n) is 6.61. The van der Waals surface area contributed by atoms with E-state index in [1.807, 2.05) is 18.2 Å². The fraction of sp³-hybridized carbons (Fsp3) is 0.560. The number of benzene rings is 1. The number of rotatable bonds is 8. The van der Waals surface area contributed by atoms with Gasteiger partial charge in [-0.3, -0.25) is 13.7 Å². The molecule has 6 rings (SSSR count). The lowest BCUT2D eigenvalue weighted by Crippen LogP contribution is -2.60. The molecule has 6 unspecified atom stereocenters. The van der Waals surface area contributed by atoms with Crippen LogP contribution in [0.2, 0.25) is 5.28 Å². The summed E-state index contributed by atoms with van der Waals surface area (Å²) in [5, 5.41) is 21.4. The summed E-state index contributed by atoms with van der Waals surface area (Å²) in [5.41, 5.74) is 1.97. The van der Waals surface area contributed by atoms with E-state index in [9.17, 15) is 24.2 Å². The summed E-state index contributed by atoms with van der Waals surface area (Å²) in [5.74, 6) is -0.846. The van der Waals surface area contributed by atoms with Crippen LogP contribution in [0.3, 0.4) is 0 Å². The third-order valence-electron chi connectivity index (χ3n) is 8.40. The van der Waals surface area contributed by atoms with Crippen molar-refractivity contribution in [2.45, 2.75) is 62.7 Å². The molecule has 14 nitrogen and oxygen atoms in total. The van der Waals surface area contributed by atoms with E-state index in [4.69, 9.17) is 30.6 Å². The molecular formula is C25H32ClN5O9P2. The van der Waals surface area contributed by atoms with Gasteiger partial charge in [0.05, 0.1) is 19.0 Å². The monoisotopic (exact) mass is 643 g/mol. The van der Waals surface area contributed by atoms with E-state index in [1.54, 1.807) is 0 Å².